The Hall–Kier alpha value is -1.69. The van der Waals surface area contributed by atoms with Gasteiger partial charge in [0, 0.05) is 24.7 Å². The quantitative estimate of drug-likeness (QED) is 0.848. The Morgan fingerprint density at radius 1 is 1.38 bits per heavy atom. The Morgan fingerprint density at radius 3 is 2.62 bits per heavy atom. The first-order valence-electron chi connectivity index (χ1n) is 6.68. The van der Waals surface area contributed by atoms with Crippen molar-refractivity contribution in [1.82, 2.24) is 4.90 Å². The van der Waals surface area contributed by atoms with Gasteiger partial charge in [-0.1, -0.05) is 6.58 Å². The van der Waals surface area contributed by atoms with Crippen LogP contribution < -0.4 is 5.32 Å². The molecule has 21 heavy (non-hydrogen) atoms. The van der Waals surface area contributed by atoms with E-state index in [0.717, 1.165) is 0 Å². The molecule has 0 unspecified atom stereocenters. The van der Waals surface area contributed by atoms with Gasteiger partial charge in [0.25, 0.3) is 0 Å². The zero-order chi connectivity index (χ0) is 15.4. The zero-order valence-corrected chi connectivity index (χ0v) is 13.0. The predicted molar refractivity (Wildman–Crippen MR) is 82.2 cm³/mol. The minimum Gasteiger partial charge on any atom is -0.339 e. The molecule has 6 heteroatoms. The number of anilines is 1. The van der Waals surface area contributed by atoms with Crippen LogP contribution in [0.4, 0.5) is 10.1 Å². The maximum absolute atomic E-state index is 13.1. The fourth-order valence-corrected chi connectivity index (χ4v) is 2.69. The van der Waals surface area contributed by atoms with Crippen molar-refractivity contribution in [2.45, 2.75) is 12.8 Å². The number of hydrogen-bond acceptors (Lipinski definition) is 2. The third-order valence-corrected chi connectivity index (χ3v) is 4.15. The van der Waals surface area contributed by atoms with Crippen LogP contribution in [0.2, 0.25) is 0 Å². The molecule has 1 saturated heterocycles. The van der Waals surface area contributed by atoms with Crippen LogP contribution in [0.5, 0.6) is 0 Å². The number of rotatable bonds is 3. The lowest BCUT2D eigenvalue weighted by molar-refractivity contribution is -0.130. The summed E-state index contributed by atoms with van der Waals surface area (Å²) >= 11 is 3.08. The normalized spacial score (nSPS) is 15.6. The van der Waals surface area contributed by atoms with E-state index in [1.54, 1.807) is 4.90 Å². The van der Waals surface area contributed by atoms with E-state index in [2.05, 4.69) is 27.8 Å². The number of hydrogen-bond donors (Lipinski definition) is 1. The maximum Gasteiger partial charge on any atom is 0.245 e. The lowest BCUT2D eigenvalue weighted by Gasteiger charge is -2.30. The first kappa shape index (κ1) is 15.7. The summed E-state index contributed by atoms with van der Waals surface area (Å²) < 4.78 is 13.4. The average Bonchev–Trinajstić information content (AvgIpc) is 2.50. The Bertz CT molecular complexity index is 569. The van der Waals surface area contributed by atoms with Crippen molar-refractivity contribution in [2.24, 2.45) is 5.92 Å². The fraction of sp³-hybridized carbons (Fsp3) is 0.333. The van der Waals surface area contributed by atoms with Crippen LogP contribution in [0.3, 0.4) is 0 Å². The molecule has 2 amide bonds. The summed E-state index contributed by atoms with van der Waals surface area (Å²) in [6.07, 6.45) is 2.53. The van der Waals surface area contributed by atoms with Crippen molar-refractivity contribution in [2.75, 3.05) is 18.4 Å². The molecule has 0 radical (unpaired) electrons. The van der Waals surface area contributed by atoms with Gasteiger partial charge >= 0.3 is 0 Å². The van der Waals surface area contributed by atoms with Crippen LogP contribution in [0, 0.1) is 11.7 Å². The van der Waals surface area contributed by atoms with Gasteiger partial charge in [0.15, 0.2) is 0 Å². The second-order valence-corrected chi connectivity index (χ2v) is 5.78. The number of carbonyl (C=O) groups excluding carboxylic acids is 2. The van der Waals surface area contributed by atoms with Gasteiger partial charge in [-0.25, -0.2) is 4.39 Å². The molecule has 112 valence electrons. The number of nitrogens with zero attached hydrogens (tertiary/aromatic N) is 1. The van der Waals surface area contributed by atoms with Gasteiger partial charge in [0.05, 0.1) is 4.47 Å². The van der Waals surface area contributed by atoms with Crippen LogP contribution >= 0.6 is 15.9 Å². The molecular formula is C15H16BrFN2O2. The Kier molecular flexibility index (Phi) is 5.12. The van der Waals surface area contributed by atoms with Crippen LogP contribution in [0.15, 0.2) is 35.3 Å². The van der Waals surface area contributed by atoms with Crippen molar-refractivity contribution in [3.05, 3.63) is 41.1 Å². The van der Waals surface area contributed by atoms with Gasteiger partial charge in [-0.3, -0.25) is 9.59 Å². The number of carbonyl (C=O) groups is 2. The first-order chi connectivity index (χ1) is 10.0. The van der Waals surface area contributed by atoms with Crippen LogP contribution in [0.1, 0.15) is 12.8 Å². The molecular weight excluding hydrogens is 339 g/mol. The molecule has 1 aliphatic rings. The molecule has 0 bridgehead atoms. The number of halogens is 2. The number of piperidine rings is 1. The third kappa shape index (κ3) is 3.91. The highest BCUT2D eigenvalue weighted by Crippen LogP contribution is 2.23. The summed E-state index contributed by atoms with van der Waals surface area (Å²) in [4.78, 5) is 25.3. The van der Waals surface area contributed by atoms with Crippen LogP contribution in [-0.4, -0.2) is 29.8 Å². The van der Waals surface area contributed by atoms with E-state index in [1.807, 2.05) is 0 Å². The Labute approximate surface area is 131 Å². The topological polar surface area (TPSA) is 49.4 Å². The van der Waals surface area contributed by atoms with Gasteiger partial charge in [0.1, 0.15) is 5.82 Å². The molecule has 0 atom stereocenters. The standard InChI is InChI=1S/C15H16BrFN2O2/c1-2-14(20)19-7-5-10(6-8-19)15(21)18-11-3-4-13(17)12(16)9-11/h2-4,9-10H,1,5-8H2,(H,18,21). The highest BCUT2D eigenvalue weighted by Gasteiger charge is 2.26. The second kappa shape index (κ2) is 6.85. The monoisotopic (exact) mass is 354 g/mol. The van der Waals surface area contributed by atoms with E-state index in [4.69, 9.17) is 0 Å². The summed E-state index contributed by atoms with van der Waals surface area (Å²) in [6.45, 7) is 4.56. The maximum atomic E-state index is 13.1. The summed E-state index contributed by atoms with van der Waals surface area (Å²) in [7, 11) is 0. The molecule has 0 saturated carbocycles. The Morgan fingerprint density at radius 2 is 2.05 bits per heavy atom. The van der Waals surface area contributed by atoms with Crippen molar-refractivity contribution >= 4 is 33.4 Å². The zero-order valence-electron chi connectivity index (χ0n) is 11.4. The molecule has 1 aliphatic heterocycles. The first-order valence-corrected chi connectivity index (χ1v) is 7.48. The minimum absolute atomic E-state index is 0.0980. The van der Waals surface area contributed by atoms with E-state index in [-0.39, 0.29) is 23.5 Å². The number of likely N-dealkylation sites (tertiary alicyclic amines) is 1. The molecule has 1 heterocycles. The summed E-state index contributed by atoms with van der Waals surface area (Å²) in [5.41, 5.74) is 0.554. The molecule has 2 rings (SSSR count). The van der Waals surface area contributed by atoms with Gasteiger partial charge in [0.2, 0.25) is 11.8 Å². The second-order valence-electron chi connectivity index (χ2n) is 4.92. The highest BCUT2D eigenvalue weighted by atomic mass is 79.9. The number of benzene rings is 1. The van der Waals surface area contributed by atoms with E-state index in [0.29, 0.717) is 36.1 Å². The number of nitrogens with one attached hydrogen (secondary N) is 1. The van der Waals surface area contributed by atoms with E-state index < -0.39 is 0 Å². The summed E-state index contributed by atoms with van der Waals surface area (Å²) in [5, 5.41) is 2.78. The Balaban J connectivity index is 1.91. The van der Waals surface area contributed by atoms with Crippen molar-refractivity contribution < 1.29 is 14.0 Å². The smallest absolute Gasteiger partial charge is 0.245 e. The fourth-order valence-electron chi connectivity index (χ4n) is 2.31. The minimum atomic E-state index is -0.371. The highest BCUT2D eigenvalue weighted by molar-refractivity contribution is 9.10. The van der Waals surface area contributed by atoms with E-state index in [1.165, 1.54) is 24.3 Å². The number of amides is 2. The molecule has 0 aliphatic carbocycles. The van der Waals surface area contributed by atoms with Crippen LogP contribution in [0.25, 0.3) is 0 Å². The van der Waals surface area contributed by atoms with Crippen molar-refractivity contribution in [3.8, 4) is 0 Å². The lowest BCUT2D eigenvalue weighted by atomic mass is 9.95. The van der Waals surface area contributed by atoms with Gasteiger partial charge < -0.3 is 10.2 Å². The molecule has 4 nitrogen and oxygen atoms in total. The van der Waals surface area contributed by atoms with Gasteiger partial charge in [-0.05, 0) is 53.0 Å². The van der Waals surface area contributed by atoms with Crippen molar-refractivity contribution in [3.63, 3.8) is 0 Å². The van der Waals surface area contributed by atoms with Crippen molar-refractivity contribution in [1.29, 1.82) is 0 Å². The largest absolute Gasteiger partial charge is 0.339 e. The molecule has 1 N–H and O–H groups in total. The molecule has 1 aromatic carbocycles. The SMILES string of the molecule is C=CC(=O)N1CCC(C(=O)Nc2ccc(F)c(Br)c2)CC1. The molecule has 0 aromatic heterocycles. The summed E-state index contributed by atoms with van der Waals surface area (Å²) in [6, 6.07) is 4.35. The van der Waals surface area contributed by atoms with E-state index in [9.17, 15) is 14.0 Å². The average molecular weight is 355 g/mol. The predicted octanol–water partition coefficient (Wildman–Crippen LogP) is 2.95. The molecule has 1 aromatic rings. The summed E-state index contributed by atoms with van der Waals surface area (Å²) in [5.74, 6) is -0.706. The van der Waals surface area contributed by atoms with E-state index >= 15 is 0 Å². The molecule has 0 spiro atoms. The third-order valence-electron chi connectivity index (χ3n) is 3.54. The lowest BCUT2D eigenvalue weighted by Crippen LogP contribution is -2.40. The van der Waals surface area contributed by atoms with Gasteiger partial charge in [-0.2, -0.15) is 0 Å². The van der Waals surface area contributed by atoms with Crippen LogP contribution in [-0.2, 0) is 9.59 Å². The van der Waals surface area contributed by atoms with Gasteiger partial charge in [-0.15, -0.1) is 0 Å². The molecule has 1 fully saturated rings.